The summed E-state index contributed by atoms with van der Waals surface area (Å²) in [5.41, 5.74) is 0.0185. The van der Waals surface area contributed by atoms with E-state index in [0.717, 1.165) is 148 Å². The van der Waals surface area contributed by atoms with Crippen LogP contribution in [0.4, 0.5) is 0 Å². The van der Waals surface area contributed by atoms with Crippen molar-refractivity contribution in [2.75, 3.05) is 66.1 Å². The van der Waals surface area contributed by atoms with Gasteiger partial charge in [0.25, 0.3) is 5.70 Å². The molecule has 0 atom stereocenters. The van der Waals surface area contributed by atoms with E-state index >= 15 is 0 Å². The summed E-state index contributed by atoms with van der Waals surface area (Å²) in [5.74, 6) is -4.35. The van der Waals surface area contributed by atoms with Gasteiger partial charge in [0, 0.05) is 24.3 Å². The first-order valence-electron chi connectivity index (χ1n) is 39.1. The van der Waals surface area contributed by atoms with E-state index in [4.69, 9.17) is 72.9 Å². The predicted molar refractivity (Wildman–Crippen MR) is 449 cm³/mol. The number of carbonyl (C=O) groups is 10. The molecule has 30 heteroatoms. The van der Waals surface area contributed by atoms with Gasteiger partial charge >= 0.3 is 59.7 Å². The van der Waals surface area contributed by atoms with Crippen molar-refractivity contribution in [1.29, 1.82) is 5.26 Å². The third-order valence-electron chi connectivity index (χ3n) is 17.4. The number of esters is 10. The van der Waals surface area contributed by atoms with Crippen molar-refractivity contribution in [1.82, 2.24) is 0 Å². The number of nitriles is 1. The molecule has 0 bridgehead atoms. The lowest BCUT2D eigenvalue weighted by atomic mass is 10.2. The Hall–Kier alpha value is -12.0. The molecule has 0 aromatic heterocycles. The molecule has 0 saturated carbocycles. The zero-order chi connectivity index (χ0) is 85.6. The minimum atomic E-state index is -0.937. The van der Waals surface area contributed by atoms with Gasteiger partial charge in [0.15, 0.2) is 5.57 Å². The van der Waals surface area contributed by atoms with Gasteiger partial charge in [0.1, 0.15) is 52.1 Å². The van der Waals surface area contributed by atoms with Crippen molar-refractivity contribution in [2.24, 2.45) is 0 Å². The number of benzene rings is 6. The van der Waals surface area contributed by atoms with Gasteiger partial charge in [-0.25, -0.2) is 48.0 Å². The highest BCUT2D eigenvalue weighted by Gasteiger charge is 2.35. The van der Waals surface area contributed by atoms with Gasteiger partial charge in [-0.05, 0) is 250 Å². The van der Waals surface area contributed by atoms with E-state index in [-0.39, 0.29) is 97.8 Å². The fourth-order valence-electron chi connectivity index (χ4n) is 11.1. The minimum Gasteiger partial charge on any atom is -0.494 e. The van der Waals surface area contributed by atoms with Crippen molar-refractivity contribution >= 4 is 107 Å². The van der Waals surface area contributed by atoms with Crippen molar-refractivity contribution in [3.8, 4) is 52.1 Å². The summed E-state index contributed by atoms with van der Waals surface area (Å²) in [6.45, 7) is 24.4. The van der Waals surface area contributed by atoms with Crippen LogP contribution in [-0.2, 0) is 57.2 Å². The molecule has 26 nitrogen and oxygen atoms in total. The topological polar surface area (TPSA) is 328 Å². The molecular formula is C90H92N2O24S4. The number of ether oxygens (including phenoxy) is 14. The number of rotatable bonds is 53. The summed E-state index contributed by atoms with van der Waals surface area (Å²) in [6.07, 6.45) is 18.7. The molecule has 6 aromatic carbocycles. The summed E-state index contributed by atoms with van der Waals surface area (Å²) in [5, 5.41) is 10.5. The average molecular weight is 1710 g/mol. The molecule has 0 aliphatic carbocycles. The standard InChI is InChI=1S/C90H92N2O24S4/c1-6-74(93)107-54-24-14-10-20-50-103-65-38-30-61(31-39-65)83(97)113-70-46-47-71(114-84(98)62-32-40-66(41-33-62)104-51-21-11-15-25-55-108-75(94)7-2)80-79(70)117-89(118-80)69(60-91)87(101)111-58-28-18-19-29-59-112-88(102)78(92-5)90-119-81-72(115-85(99)63-34-42-67(43-35-63)105-52-22-12-16-26-56-109-76(95)8-3)48-49-73(82(81)120-90)116-86(100)64-36-44-68(45-37-64)106-53-23-13-17-27-57-110-77(96)9-4/h6-9,30-49H,1-4,10-29,50-59H2. The van der Waals surface area contributed by atoms with Gasteiger partial charge < -0.3 is 66.3 Å². The first kappa shape index (κ1) is 93.5. The smallest absolute Gasteiger partial charge is 0.350 e. The van der Waals surface area contributed by atoms with Crippen LogP contribution < -0.4 is 37.9 Å². The van der Waals surface area contributed by atoms with E-state index in [1.807, 2.05) is 6.07 Å². The van der Waals surface area contributed by atoms with E-state index in [9.17, 15) is 53.2 Å². The molecular weight excluding hydrogens is 1620 g/mol. The van der Waals surface area contributed by atoms with Gasteiger partial charge in [-0.1, -0.05) is 73.4 Å². The Kier molecular flexibility index (Phi) is 40.6. The number of unbranched alkanes of at least 4 members (excludes halogenated alkanes) is 15. The van der Waals surface area contributed by atoms with Crippen LogP contribution in [0.1, 0.15) is 170 Å². The third-order valence-corrected chi connectivity index (χ3v) is 22.7. The number of hydrogen-bond acceptors (Lipinski definition) is 29. The van der Waals surface area contributed by atoms with E-state index in [1.165, 1.54) is 24.3 Å². The minimum absolute atomic E-state index is 0.0490. The monoisotopic (exact) mass is 1710 g/mol. The Morgan fingerprint density at radius 1 is 0.308 bits per heavy atom. The van der Waals surface area contributed by atoms with Crippen LogP contribution in [-0.4, -0.2) is 126 Å². The van der Waals surface area contributed by atoms with E-state index in [0.29, 0.717) is 127 Å². The number of carbonyl (C=O) groups excluding carboxylic acids is 10. The van der Waals surface area contributed by atoms with Crippen molar-refractivity contribution in [3.05, 3.63) is 225 Å². The number of hydrogen-bond donors (Lipinski definition) is 0. The Labute approximate surface area is 713 Å². The highest BCUT2D eigenvalue weighted by Crippen LogP contribution is 2.61. The second-order valence-electron chi connectivity index (χ2n) is 26.2. The molecule has 120 heavy (non-hydrogen) atoms. The summed E-state index contributed by atoms with van der Waals surface area (Å²) >= 11 is 3.84. The second kappa shape index (κ2) is 52.1. The summed E-state index contributed by atoms with van der Waals surface area (Å²) < 4.78 is 79.0. The molecule has 2 heterocycles. The van der Waals surface area contributed by atoms with Gasteiger partial charge in [-0.3, -0.25) is 4.79 Å². The van der Waals surface area contributed by atoms with Crippen molar-refractivity contribution in [3.63, 3.8) is 0 Å². The van der Waals surface area contributed by atoms with Crippen LogP contribution in [0.3, 0.4) is 0 Å². The summed E-state index contributed by atoms with van der Waals surface area (Å²) in [4.78, 5) is 133. The maximum atomic E-state index is 13.8. The third kappa shape index (κ3) is 31.4. The van der Waals surface area contributed by atoms with Crippen LogP contribution >= 0.6 is 47.0 Å². The fourth-order valence-corrected chi connectivity index (χ4v) is 16.2. The van der Waals surface area contributed by atoms with E-state index in [2.05, 4.69) is 31.2 Å². The Morgan fingerprint density at radius 3 is 0.767 bits per heavy atom. The van der Waals surface area contributed by atoms with Gasteiger partial charge in [-0.2, -0.15) is 5.26 Å². The SMILES string of the molecule is [C-]#[N+]C(C(=O)OCCCCCCOC(=O)C(C#N)=C1Sc2c(OC(=O)c3ccc(OCCCCCCOC(=O)C=C)cc3)ccc(OC(=O)c3ccc(OCCCCCCOC(=O)C=C)cc3)c2S1)=C1Sc2c(OC(=O)c3ccc(OCCCCCCOC(=O)C=C)cc3)ccc(OC(=O)c3ccc(OCCCCCCOC(=O)C=C)cc3)c2S1. The first-order chi connectivity index (χ1) is 58.4. The molecule has 2 aliphatic rings. The van der Waals surface area contributed by atoms with Crippen LogP contribution in [0.25, 0.3) is 4.85 Å². The lowest BCUT2D eigenvalue weighted by Gasteiger charge is -2.13. The molecule has 0 saturated heterocycles. The van der Waals surface area contributed by atoms with Gasteiger partial charge in [-0.15, -0.1) is 0 Å². The maximum absolute atomic E-state index is 13.8. The van der Waals surface area contributed by atoms with Crippen LogP contribution in [0.5, 0.6) is 46.0 Å². The lowest BCUT2D eigenvalue weighted by Crippen LogP contribution is -2.11. The highest BCUT2D eigenvalue weighted by molar-refractivity contribution is 8.25. The van der Waals surface area contributed by atoms with Gasteiger partial charge in [0.2, 0.25) is 0 Å². The first-order valence-corrected chi connectivity index (χ1v) is 42.3. The molecule has 0 amide bonds. The van der Waals surface area contributed by atoms with Crippen molar-refractivity contribution in [2.45, 2.75) is 148 Å². The molecule has 0 spiro atoms. The zero-order valence-corrected chi connectivity index (χ0v) is 69.5. The highest BCUT2D eigenvalue weighted by atomic mass is 32.2. The van der Waals surface area contributed by atoms with E-state index in [1.54, 1.807) is 97.1 Å². The summed E-state index contributed by atoms with van der Waals surface area (Å²) in [7, 11) is 0. The molecule has 8 rings (SSSR count). The lowest BCUT2D eigenvalue weighted by molar-refractivity contribution is -0.139. The van der Waals surface area contributed by atoms with Gasteiger partial charge in [0.05, 0.1) is 123 Å². The Morgan fingerprint density at radius 2 is 0.533 bits per heavy atom. The Balaban J connectivity index is 0.858. The molecule has 2 aliphatic heterocycles. The Bertz CT molecular complexity index is 4190. The molecule has 0 fully saturated rings. The number of thioether (sulfide) groups is 4. The average Bonchev–Trinajstić information content (AvgIpc) is 1.63. The molecule has 0 radical (unpaired) electrons. The van der Waals surface area contributed by atoms with Crippen LogP contribution in [0.15, 0.2) is 211 Å². The van der Waals surface area contributed by atoms with Crippen molar-refractivity contribution < 1.29 is 114 Å². The normalized spacial score (nSPS) is 11.4. The molecule has 0 unspecified atom stereocenters. The number of fused-ring (bicyclic) bond motifs is 2. The molecule has 0 N–H and O–H groups in total. The molecule has 6 aromatic rings. The fraction of sp³-hybridized carbons (Fsp3) is 0.333. The van der Waals surface area contributed by atoms with E-state index < -0.39 is 59.7 Å². The van der Waals surface area contributed by atoms with Crippen LogP contribution in [0, 0.1) is 17.9 Å². The summed E-state index contributed by atoms with van der Waals surface area (Å²) in [6, 6.07) is 33.2. The predicted octanol–water partition coefficient (Wildman–Crippen LogP) is 18.8. The zero-order valence-electron chi connectivity index (χ0n) is 66.2. The quantitative estimate of drug-likeness (QED) is 0.00651. The van der Waals surface area contributed by atoms with Crippen LogP contribution in [0.2, 0.25) is 0 Å². The number of nitrogens with zero attached hydrogens (tertiary/aromatic N) is 2. The molecule has 630 valence electrons. The second-order valence-corrected chi connectivity index (χ2v) is 30.8. The maximum Gasteiger partial charge on any atom is 0.350 e. The largest absolute Gasteiger partial charge is 0.494 e.